The van der Waals surface area contributed by atoms with Crippen LogP contribution in [0.15, 0.2) is 60.7 Å². The number of benzene rings is 2. The van der Waals surface area contributed by atoms with Gasteiger partial charge >= 0.3 is 5.95 Å². The molecule has 10 heteroatoms. The minimum absolute atomic E-state index is 0.260. The summed E-state index contributed by atoms with van der Waals surface area (Å²) < 4.78 is 18.4. The van der Waals surface area contributed by atoms with Gasteiger partial charge in [-0.1, -0.05) is 34.2 Å². The topological polar surface area (TPSA) is 125 Å². The highest BCUT2D eigenvalue weighted by molar-refractivity contribution is 5.78. The van der Waals surface area contributed by atoms with Crippen molar-refractivity contribution in [2.75, 3.05) is 20.0 Å². The summed E-state index contributed by atoms with van der Waals surface area (Å²) in [5.41, 5.74) is 7.81. The van der Waals surface area contributed by atoms with Crippen molar-refractivity contribution < 1.29 is 18.9 Å². The highest BCUT2D eigenvalue weighted by Gasteiger charge is 2.22. The van der Waals surface area contributed by atoms with Crippen molar-refractivity contribution in [3.8, 4) is 29.1 Å². The van der Waals surface area contributed by atoms with Crippen LogP contribution in [0.4, 0.5) is 5.95 Å². The Labute approximate surface area is 201 Å². The average Bonchev–Trinajstić information content (AvgIpc) is 3.23. The number of hydrogen-bond acceptors (Lipinski definition) is 8. The van der Waals surface area contributed by atoms with Gasteiger partial charge in [-0.05, 0) is 29.8 Å². The molecular weight excluding hydrogens is 446 g/mol. The molecule has 0 aliphatic carbocycles. The van der Waals surface area contributed by atoms with E-state index in [9.17, 15) is 0 Å². The highest BCUT2D eigenvalue weighted by atomic mass is 16.5. The maximum absolute atomic E-state index is 6.01. The summed E-state index contributed by atoms with van der Waals surface area (Å²) in [6.45, 7) is 1.79. The number of fused-ring (bicyclic) bond motifs is 1. The molecule has 3 aromatic heterocycles. The van der Waals surface area contributed by atoms with E-state index < -0.39 is 0 Å². The zero-order chi connectivity index (χ0) is 24.4. The van der Waals surface area contributed by atoms with Gasteiger partial charge in [0.05, 0.1) is 32.2 Å². The zero-order valence-electron chi connectivity index (χ0n) is 19.5. The van der Waals surface area contributed by atoms with E-state index in [4.69, 9.17) is 19.9 Å². The quantitative estimate of drug-likeness (QED) is 0.347. The van der Waals surface area contributed by atoms with E-state index >= 15 is 0 Å². The van der Waals surface area contributed by atoms with E-state index in [-0.39, 0.29) is 5.95 Å². The third-order valence-electron chi connectivity index (χ3n) is 5.36. The number of nitrogens with one attached hydrogen (secondary N) is 1. The molecule has 0 bridgehead atoms. The van der Waals surface area contributed by atoms with Crippen LogP contribution in [0.2, 0.25) is 0 Å². The Morgan fingerprint density at radius 2 is 1.69 bits per heavy atom. The summed E-state index contributed by atoms with van der Waals surface area (Å²) in [4.78, 5) is 18.0. The van der Waals surface area contributed by atoms with E-state index in [1.165, 1.54) is 0 Å². The first-order valence-corrected chi connectivity index (χ1v) is 10.9. The van der Waals surface area contributed by atoms with Gasteiger partial charge in [0.1, 0.15) is 0 Å². The van der Waals surface area contributed by atoms with Gasteiger partial charge in [0, 0.05) is 18.4 Å². The molecule has 0 aliphatic rings. The fourth-order valence-corrected chi connectivity index (χ4v) is 3.78. The summed E-state index contributed by atoms with van der Waals surface area (Å²) >= 11 is 0. The minimum atomic E-state index is 0.260. The molecule has 176 valence electrons. The lowest BCUT2D eigenvalue weighted by Crippen LogP contribution is -2.38. The fourth-order valence-electron chi connectivity index (χ4n) is 3.78. The van der Waals surface area contributed by atoms with E-state index in [2.05, 4.69) is 25.0 Å². The van der Waals surface area contributed by atoms with Crippen molar-refractivity contribution >= 4 is 16.9 Å². The number of aromatic nitrogens is 6. The highest BCUT2D eigenvalue weighted by Crippen LogP contribution is 2.28. The summed E-state index contributed by atoms with van der Waals surface area (Å²) in [6.07, 6.45) is 0.472. The van der Waals surface area contributed by atoms with Crippen LogP contribution in [0.1, 0.15) is 17.2 Å². The number of ether oxygens (including phenoxy) is 3. The number of rotatable bonds is 7. The lowest BCUT2D eigenvalue weighted by atomic mass is 10.1. The summed E-state index contributed by atoms with van der Waals surface area (Å²) in [5, 5.41) is 4.07. The van der Waals surface area contributed by atoms with Crippen molar-refractivity contribution in [1.82, 2.24) is 25.0 Å². The molecule has 0 radical (unpaired) electrons. The van der Waals surface area contributed by atoms with Gasteiger partial charge in [-0.2, -0.15) is 10.1 Å². The van der Waals surface area contributed by atoms with Crippen LogP contribution in [0.25, 0.3) is 16.7 Å². The SMILES string of the molecule is COc1ccc(Cc2nc(N)[nH][n+]2-c2cc(Oc3ccc4ccccc4n3)nc(C)n2)cc1OC. The van der Waals surface area contributed by atoms with Crippen LogP contribution in [0.5, 0.6) is 23.3 Å². The molecule has 2 aromatic carbocycles. The smallest absolute Gasteiger partial charge is 0.301 e. The van der Waals surface area contributed by atoms with E-state index in [1.54, 1.807) is 31.9 Å². The number of aryl methyl sites for hydroxylation is 1. The van der Waals surface area contributed by atoms with Gasteiger partial charge in [-0.25, -0.2) is 4.98 Å². The maximum Gasteiger partial charge on any atom is 0.301 e. The third kappa shape index (κ3) is 4.67. The minimum Gasteiger partial charge on any atom is -0.493 e. The first-order valence-electron chi connectivity index (χ1n) is 10.9. The molecule has 0 atom stereocenters. The zero-order valence-corrected chi connectivity index (χ0v) is 19.5. The molecule has 0 unspecified atom stereocenters. The maximum atomic E-state index is 6.01. The molecule has 35 heavy (non-hydrogen) atoms. The van der Waals surface area contributed by atoms with Crippen LogP contribution in [0.3, 0.4) is 0 Å². The number of nitrogens with zero attached hydrogens (tertiary/aromatic N) is 5. The molecule has 0 aliphatic heterocycles. The Morgan fingerprint density at radius 3 is 2.51 bits per heavy atom. The largest absolute Gasteiger partial charge is 0.493 e. The number of aromatic amines is 1. The van der Waals surface area contributed by atoms with E-state index in [0.29, 0.717) is 47.1 Å². The van der Waals surface area contributed by atoms with Crippen molar-refractivity contribution in [2.24, 2.45) is 0 Å². The van der Waals surface area contributed by atoms with Crippen LogP contribution >= 0.6 is 0 Å². The van der Waals surface area contributed by atoms with Gasteiger partial charge in [0.25, 0.3) is 11.6 Å². The number of nitrogen functional groups attached to an aromatic ring is 1. The van der Waals surface area contributed by atoms with E-state index in [1.807, 2.05) is 54.6 Å². The number of pyridine rings is 1. The van der Waals surface area contributed by atoms with E-state index in [0.717, 1.165) is 16.5 Å². The Bertz CT molecular complexity index is 1520. The number of anilines is 1. The molecule has 3 N–H and O–H groups in total. The number of nitrogens with two attached hydrogens (primary N) is 1. The summed E-state index contributed by atoms with van der Waals surface area (Å²) in [7, 11) is 3.20. The molecule has 5 rings (SSSR count). The molecule has 0 fully saturated rings. The molecular formula is C25H24N7O3+. The number of hydrogen-bond donors (Lipinski definition) is 2. The third-order valence-corrected chi connectivity index (χ3v) is 5.36. The summed E-state index contributed by atoms with van der Waals surface area (Å²) in [6, 6.07) is 19.0. The van der Waals surface area contributed by atoms with Crippen molar-refractivity contribution in [3.05, 3.63) is 77.9 Å². The van der Waals surface area contributed by atoms with Crippen LogP contribution < -0.4 is 24.6 Å². The molecule has 0 saturated carbocycles. The predicted octanol–water partition coefficient (Wildman–Crippen LogP) is 3.32. The van der Waals surface area contributed by atoms with Crippen LogP contribution in [-0.4, -0.2) is 39.3 Å². The van der Waals surface area contributed by atoms with Crippen molar-refractivity contribution in [2.45, 2.75) is 13.3 Å². The number of H-pyrrole nitrogens is 1. The second kappa shape index (κ2) is 9.26. The lowest BCUT2D eigenvalue weighted by molar-refractivity contribution is -0.666. The van der Waals surface area contributed by atoms with Gasteiger partial charge < -0.3 is 19.9 Å². The Morgan fingerprint density at radius 1 is 0.857 bits per heavy atom. The first kappa shape index (κ1) is 22.1. The van der Waals surface area contributed by atoms with Gasteiger partial charge in [0.2, 0.25) is 17.6 Å². The monoisotopic (exact) mass is 470 g/mol. The molecule has 0 saturated heterocycles. The second-order valence-corrected chi connectivity index (χ2v) is 7.78. The van der Waals surface area contributed by atoms with Crippen LogP contribution in [-0.2, 0) is 6.42 Å². The van der Waals surface area contributed by atoms with Gasteiger partial charge in [-0.3, -0.25) is 0 Å². The molecule has 0 amide bonds. The standard InChI is InChI=1S/C25H23N7O3/c1-15-27-22(14-24(28-15)35-23-11-9-17-6-4-5-7-18(17)29-23)32-21(30-25(26)31-32)13-16-8-10-19(33-2)20(12-16)34-3/h4-12,14H,13H2,1-3H3,(H2,26,31)/p+1. The van der Waals surface area contributed by atoms with Crippen molar-refractivity contribution in [3.63, 3.8) is 0 Å². The normalized spacial score (nSPS) is 10.9. The Kier molecular flexibility index (Phi) is 5.84. The summed E-state index contributed by atoms with van der Waals surface area (Å²) in [5.74, 6) is 4.06. The fraction of sp³-hybridized carbons (Fsp3) is 0.160. The Balaban J connectivity index is 1.46. The second-order valence-electron chi connectivity index (χ2n) is 7.78. The van der Waals surface area contributed by atoms with Gasteiger partial charge in [0.15, 0.2) is 11.5 Å². The molecule has 5 aromatic rings. The lowest BCUT2D eigenvalue weighted by Gasteiger charge is -2.08. The predicted molar refractivity (Wildman–Crippen MR) is 129 cm³/mol. The van der Waals surface area contributed by atoms with Crippen molar-refractivity contribution in [1.29, 1.82) is 0 Å². The molecule has 10 nitrogen and oxygen atoms in total. The molecule has 0 spiro atoms. The molecule has 3 heterocycles. The number of para-hydroxylation sites is 1. The Hall–Kier alpha value is -4.73. The average molecular weight is 471 g/mol. The van der Waals surface area contributed by atoms with Crippen LogP contribution in [0, 0.1) is 6.92 Å². The van der Waals surface area contributed by atoms with Gasteiger partial charge in [-0.15, -0.1) is 4.68 Å². The first-order chi connectivity index (χ1) is 17.0. The number of methoxy groups -OCH3 is 2.